The van der Waals surface area contributed by atoms with E-state index in [0.29, 0.717) is 6.04 Å². The van der Waals surface area contributed by atoms with Crippen LogP contribution >= 0.6 is 0 Å². The van der Waals surface area contributed by atoms with Gasteiger partial charge < -0.3 is 10.4 Å². The Morgan fingerprint density at radius 3 is 2.70 bits per heavy atom. The van der Waals surface area contributed by atoms with Gasteiger partial charge >= 0.3 is 0 Å². The van der Waals surface area contributed by atoms with Crippen molar-refractivity contribution in [3.8, 4) is 0 Å². The highest BCUT2D eigenvalue weighted by Gasteiger charge is 2.32. The molecule has 116 valence electrons. The monoisotopic (exact) mass is 282 g/mol. The largest absolute Gasteiger partial charge is 0.389 e. The van der Waals surface area contributed by atoms with Crippen LogP contribution in [0.1, 0.15) is 64.7 Å². The van der Waals surface area contributed by atoms with Gasteiger partial charge in [0.15, 0.2) is 0 Å². The topological polar surface area (TPSA) is 52.6 Å². The summed E-state index contributed by atoms with van der Waals surface area (Å²) in [6.45, 7) is 5.14. The van der Waals surface area contributed by atoms with Crippen molar-refractivity contribution in [2.24, 2.45) is 0 Å². The first-order valence-electron chi connectivity index (χ1n) is 8.36. The van der Waals surface area contributed by atoms with E-state index in [2.05, 4.69) is 17.1 Å². The fraction of sp³-hybridized carbons (Fsp3) is 0.938. The minimum absolute atomic E-state index is 0.0241. The second-order valence-corrected chi connectivity index (χ2v) is 6.54. The van der Waals surface area contributed by atoms with E-state index >= 15 is 0 Å². The number of likely N-dealkylation sites (tertiary alicyclic amines) is 1. The van der Waals surface area contributed by atoms with Crippen LogP contribution < -0.4 is 5.32 Å². The van der Waals surface area contributed by atoms with Gasteiger partial charge in [0.05, 0.1) is 12.0 Å². The maximum atomic E-state index is 12.1. The normalized spacial score (nSPS) is 27.2. The number of hydrogen-bond donors (Lipinski definition) is 2. The van der Waals surface area contributed by atoms with Crippen LogP contribution in [0.2, 0.25) is 0 Å². The number of hydrogen-bond acceptors (Lipinski definition) is 3. The van der Waals surface area contributed by atoms with E-state index in [1.165, 1.54) is 25.7 Å². The summed E-state index contributed by atoms with van der Waals surface area (Å²) in [6.07, 6.45) is 8.86. The second-order valence-electron chi connectivity index (χ2n) is 6.54. The molecule has 0 radical (unpaired) electrons. The number of piperidine rings is 1. The lowest BCUT2D eigenvalue weighted by Gasteiger charge is -2.35. The molecule has 1 atom stereocenters. The first-order chi connectivity index (χ1) is 9.63. The van der Waals surface area contributed by atoms with E-state index in [0.717, 1.165) is 45.3 Å². The first-order valence-corrected chi connectivity index (χ1v) is 8.36. The maximum Gasteiger partial charge on any atom is 0.222 e. The van der Waals surface area contributed by atoms with Crippen molar-refractivity contribution in [2.45, 2.75) is 76.4 Å². The number of nitrogens with one attached hydrogen (secondary N) is 1. The number of likely N-dealkylation sites (N-methyl/N-ethyl adjacent to an activating group) is 1. The molecule has 1 unspecified atom stereocenters. The van der Waals surface area contributed by atoms with Gasteiger partial charge in [0.25, 0.3) is 0 Å². The van der Waals surface area contributed by atoms with Crippen molar-refractivity contribution in [3.63, 3.8) is 0 Å². The molecule has 4 heteroatoms. The van der Waals surface area contributed by atoms with E-state index in [1.54, 1.807) is 0 Å². The van der Waals surface area contributed by atoms with Crippen molar-refractivity contribution < 1.29 is 9.90 Å². The van der Waals surface area contributed by atoms with Crippen LogP contribution in [0.5, 0.6) is 0 Å². The Bertz CT molecular complexity index is 314. The zero-order chi connectivity index (χ0) is 14.4. The molecule has 1 heterocycles. The third-order valence-corrected chi connectivity index (χ3v) is 4.96. The highest BCUT2D eigenvalue weighted by molar-refractivity contribution is 5.77. The zero-order valence-corrected chi connectivity index (χ0v) is 12.9. The van der Waals surface area contributed by atoms with E-state index in [1.807, 2.05) is 0 Å². The molecule has 1 amide bonds. The molecule has 1 saturated carbocycles. The second kappa shape index (κ2) is 7.41. The minimum atomic E-state index is -0.737. The fourth-order valence-electron chi connectivity index (χ4n) is 3.69. The molecule has 1 aliphatic heterocycles. The Morgan fingerprint density at radius 1 is 1.25 bits per heavy atom. The van der Waals surface area contributed by atoms with E-state index in [-0.39, 0.29) is 12.3 Å². The third-order valence-electron chi connectivity index (χ3n) is 4.96. The molecule has 2 N–H and O–H groups in total. The van der Waals surface area contributed by atoms with Gasteiger partial charge in [-0.2, -0.15) is 0 Å². The fourth-order valence-corrected chi connectivity index (χ4v) is 3.69. The summed E-state index contributed by atoms with van der Waals surface area (Å²) in [4.78, 5) is 14.5. The lowest BCUT2D eigenvalue weighted by Crippen LogP contribution is -2.47. The average molecular weight is 282 g/mol. The van der Waals surface area contributed by atoms with Gasteiger partial charge in [-0.3, -0.25) is 9.69 Å². The predicted octanol–water partition coefficient (Wildman–Crippen LogP) is 2.06. The van der Waals surface area contributed by atoms with Crippen LogP contribution in [0.3, 0.4) is 0 Å². The van der Waals surface area contributed by atoms with Crippen LogP contribution in [0.15, 0.2) is 0 Å². The van der Waals surface area contributed by atoms with Gasteiger partial charge in [-0.05, 0) is 38.8 Å². The first kappa shape index (κ1) is 15.8. The Labute approximate surface area is 122 Å². The van der Waals surface area contributed by atoms with Crippen LogP contribution in [-0.2, 0) is 4.79 Å². The van der Waals surface area contributed by atoms with Crippen LogP contribution in [0.4, 0.5) is 0 Å². The number of rotatable bonds is 5. The molecule has 20 heavy (non-hydrogen) atoms. The van der Waals surface area contributed by atoms with Crippen LogP contribution in [0.25, 0.3) is 0 Å². The molecule has 2 fully saturated rings. The molecule has 2 rings (SSSR count). The summed E-state index contributed by atoms with van der Waals surface area (Å²) in [6, 6.07) is 0.485. The highest BCUT2D eigenvalue weighted by Crippen LogP contribution is 2.30. The van der Waals surface area contributed by atoms with Gasteiger partial charge in [-0.25, -0.2) is 0 Å². The summed E-state index contributed by atoms with van der Waals surface area (Å²) >= 11 is 0. The smallest absolute Gasteiger partial charge is 0.222 e. The Morgan fingerprint density at radius 2 is 2.00 bits per heavy atom. The number of carbonyl (C=O) groups is 1. The summed E-state index contributed by atoms with van der Waals surface area (Å²) in [5, 5.41) is 13.5. The number of aliphatic hydroxyl groups is 1. The SMILES string of the molecule is CCN1CCCCC1CNC(=O)CC1(O)CCCCC1. The Hall–Kier alpha value is -0.610. The minimum Gasteiger partial charge on any atom is -0.389 e. The van der Waals surface area contributed by atoms with Gasteiger partial charge in [-0.1, -0.05) is 32.6 Å². The standard InChI is InChI=1S/C16H30N2O2/c1-2-18-11-7-4-8-14(18)13-17-15(19)12-16(20)9-5-3-6-10-16/h14,20H,2-13H2,1H3,(H,17,19). The molecule has 4 nitrogen and oxygen atoms in total. The van der Waals surface area contributed by atoms with Gasteiger partial charge in [-0.15, -0.1) is 0 Å². The average Bonchev–Trinajstić information content (AvgIpc) is 2.45. The van der Waals surface area contributed by atoms with Crippen LogP contribution in [0, 0.1) is 0 Å². The van der Waals surface area contributed by atoms with Crippen molar-refractivity contribution in [1.29, 1.82) is 0 Å². The molecular formula is C16H30N2O2. The molecular weight excluding hydrogens is 252 g/mol. The van der Waals surface area contributed by atoms with Gasteiger partial charge in [0.1, 0.15) is 0 Å². The van der Waals surface area contributed by atoms with Crippen LogP contribution in [-0.4, -0.2) is 47.2 Å². The lowest BCUT2D eigenvalue weighted by atomic mass is 9.82. The molecule has 0 bridgehead atoms. The summed E-state index contributed by atoms with van der Waals surface area (Å²) in [5.74, 6) is 0.0241. The van der Waals surface area contributed by atoms with Gasteiger partial charge in [0, 0.05) is 12.6 Å². The molecule has 0 aromatic rings. The molecule has 1 saturated heterocycles. The Balaban J connectivity index is 1.73. The molecule has 0 aromatic heterocycles. The Kier molecular flexibility index (Phi) is 5.85. The zero-order valence-electron chi connectivity index (χ0n) is 12.9. The molecule has 0 aromatic carbocycles. The molecule has 0 spiro atoms. The summed E-state index contributed by atoms with van der Waals surface area (Å²) in [7, 11) is 0. The van der Waals surface area contributed by atoms with E-state index < -0.39 is 5.60 Å². The summed E-state index contributed by atoms with van der Waals surface area (Å²) in [5.41, 5.74) is -0.737. The van der Waals surface area contributed by atoms with E-state index in [4.69, 9.17) is 0 Å². The van der Waals surface area contributed by atoms with Gasteiger partial charge in [0.2, 0.25) is 5.91 Å². The van der Waals surface area contributed by atoms with Crippen molar-refractivity contribution in [2.75, 3.05) is 19.6 Å². The summed E-state index contributed by atoms with van der Waals surface area (Å²) < 4.78 is 0. The quantitative estimate of drug-likeness (QED) is 0.811. The third kappa shape index (κ3) is 4.45. The highest BCUT2D eigenvalue weighted by atomic mass is 16.3. The van der Waals surface area contributed by atoms with Crippen molar-refractivity contribution >= 4 is 5.91 Å². The van der Waals surface area contributed by atoms with Crippen molar-refractivity contribution in [3.05, 3.63) is 0 Å². The number of carbonyl (C=O) groups excluding carboxylic acids is 1. The number of amides is 1. The molecule has 1 aliphatic carbocycles. The lowest BCUT2D eigenvalue weighted by molar-refractivity contribution is -0.127. The molecule has 2 aliphatic rings. The van der Waals surface area contributed by atoms with E-state index in [9.17, 15) is 9.90 Å². The maximum absolute atomic E-state index is 12.1. The van der Waals surface area contributed by atoms with Crippen molar-refractivity contribution in [1.82, 2.24) is 10.2 Å². The predicted molar refractivity (Wildman–Crippen MR) is 80.5 cm³/mol. The number of nitrogens with zero attached hydrogens (tertiary/aromatic N) is 1.